The van der Waals surface area contributed by atoms with E-state index in [-0.39, 0.29) is 11.1 Å². The average Bonchev–Trinajstić information content (AvgIpc) is 2.49. The van der Waals surface area contributed by atoms with Gasteiger partial charge in [-0.2, -0.15) is 5.10 Å². The summed E-state index contributed by atoms with van der Waals surface area (Å²) in [5.74, 6) is 0.464. The number of aromatic nitrogens is 2. The molecule has 0 spiro atoms. The van der Waals surface area contributed by atoms with E-state index in [2.05, 4.69) is 31.1 Å². The van der Waals surface area contributed by atoms with Gasteiger partial charge in [0.25, 0.3) is 5.56 Å². The van der Waals surface area contributed by atoms with Gasteiger partial charge in [-0.25, -0.2) is 4.68 Å². The van der Waals surface area contributed by atoms with Crippen molar-refractivity contribution >= 4 is 6.29 Å². The fourth-order valence-electron chi connectivity index (χ4n) is 2.19. The van der Waals surface area contributed by atoms with Gasteiger partial charge in [0.15, 0.2) is 6.29 Å². The highest BCUT2D eigenvalue weighted by Gasteiger charge is 2.09. The van der Waals surface area contributed by atoms with Crippen LogP contribution in [0.5, 0.6) is 0 Å². The van der Waals surface area contributed by atoms with Gasteiger partial charge in [0.2, 0.25) is 0 Å². The summed E-state index contributed by atoms with van der Waals surface area (Å²) in [6, 6.07) is 9.63. The van der Waals surface area contributed by atoms with E-state index in [1.807, 2.05) is 19.1 Å². The number of carbonyl (C=O) groups excluding carboxylic acids is 1. The van der Waals surface area contributed by atoms with Gasteiger partial charge in [0.05, 0.1) is 11.3 Å². The molecule has 0 unspecified atom stereocenters. The Morgan fingerprint density at radius 1 is 1.24 bits per heavy atom. The molecule has 0 saturated carbocycles. The van der Waals surface area contributed by atoms with Gasteiger partial charge >= 0.3 is 0 Å². The van der Waals surface area contributed by atoms with Crippen LogP contribution < -0.4 is 5.56 Å². The van der Waals surface area contributed by atoms with Crippen LogP contribution in [-0.4, -0.2) is 16.1 Å². The normalized spacial score (nSPS) is 10.9. The molecule has 0 bridgehead atoms. The van der Waals surface area contributed by atoms with Crippen molar-refractivity contribution in [2.45, 2.75) is 39.7 Å². The lowest BCUT2D eigenvalue weighted by atomic mass is 10.0. The second-order valence-electron chi connectivity index (χ2n) is 5.41. The SMILES string of the molecule is CCCn1nc(-c2ccc(C(C)C)cc2)cc(C=O)c1=O. The molecule has 0 atom stereocenters. The lowest BCUT2D eigenvalue weighted by Crippen LogP contribution is -2.26. The molecule has 2 rings (SSSR count). The highest BCUT2D eigenvalue weighted by molar-refractivity contribution is 5.76. The van der Waals surface area contributed by atoms with Crippen LogP contribution in [0.1, 0.15) is 49.0 Å². The smallest absolute Gasteiger partial charge is 0.277 e. The monoisotopic (exact) mass is 284 g/mol. The molecule has 0 N–H and O–H groups in total. The number of aldehydes is 1. The predicted molar refractivity (Wildman–Crippen MR) is 83.7 cm³/mol. The minimum atomic E-state index is -0.325. The van der Waals surface area contributed by atoms with Crippen LogP contribution in [0.15, 0.2) is 35.1 Å². The number of aryl methyl sites for hydroxylation is 1. The molecule has 0 fully saturated rings. The van der Waals surface area contributed by atoms with Gasteiger partial charge < -0.3 is 0 Å². The Kier molecular flexibility index (Phi) is 4.68. The molecule has 0 radical (unpaired) electrons. The lowest BCUT2D eigenvalue weighted by Gasteiger charge is -2.09. The van der Waals surface area contributed by atoms with Gasteiger partial charge in [-0.1, -0.05) is 45.0 Å². The quantitative estimate of drug-likeness (QED) is 0.792. The van der Waals surface area contributed by atoms with Crippen molar-refractivity contribution in [1.29, 1.82) is 0 Å². The molecule has 0 amide bonds. The Labute approximate surface area is 124 Å². The summed E-state index contributed by atoms with van der Waals surface area (Å²) >= 11 is 0. The molecule has 0 aliphatic carbocycles. The molecule has 0 aliphatic rings. The van der Waals surface area contributed by atoms with Crippen molar-refractivity contribution in [2.24, 2.45) is 0 Å². The summed E-state index contributed by atoms with van der Waals surface area (Å²) in [6.45, 7) is 6.76. The van der Waals surface area contributed by atoms with Gasteiger partial charge in [-0.05, 0) is 24.0 Å². The van der Waals surface area contributed by atoms with Crippen LogP contribution in [0.3, 0.4) is 0 Å². The van der Waals surface area contributed by atoms with E-state index < -0.39 is 0 Å². The molecule has 4 heteroatoms. The first-order valence-corrected chi connectivity index (χ1v) is 7.24. The first kappa shape index (κ1) is 15.2. The predicted octanol–water partition coefficient (Wildman–Crippen LogP) is 3.26. The molecular formula is C17H20N2O2. The molecule has 110 valence electrons. The molecule has 1 aromatic heterocycles. The van der Waals surface area contributed by atoms with E-state index in [4.69, 9.17) is 0 Å². The largest absolute Gasteiger partial charge is 0.298 e. The summed E-state index contributed by atoms with van der Waals surface area (Å²) in [7, 11) is 0. The molecule has 1 aromatic carbocycles. The standard InChI is InChI=1S/C17H20N2O2/c1-4-9-19-17(21)15(11-20)10-16(18-19)14-7-5-13(6-8-14)12(2)3/h5-8,10-12H,4,9H2,1-3H3. The number of benzene rings is 1. The van der Waals surface area contributed by atoms with Gasteiger partial charge in [-0.15, -0.1) is 0 Å². The Morgan fingerprint density at radius 3 is 2.43 bits per heavy atom. The van der Waals surface area contributed by atoms with E-state index in [1.165, 1.54) is 10.2 Å². The summed E-state index contributed by atoms with van der Waals surface area (Å²) in [5, 5.41) is 4.36. The van der Waals surface area contributed by atoms with Gasteiger partial charge in [0, 0.05) is 12.1 Å². The second kappa shape index (κ2) is 6.48. The lowest BCUT2D eigenvalue weighted by molar-refractivity contribution is 0.112. The van der Waals surface area contributed by atoms with E-state index >= 15 is 0 Å². The van der Waals surface area contributed by atoms with Crippen LogP contribution in [0.4, 0.5) is 0 Å². The second-order valence-corrected chi connectivity index (χ2v) is 5.41. The summed E-state index contributed by atoms with van der Waals surface area (Å²) in [6.07, 6.45) is 1.39. The zero-order valence-electron chi connectivity index (χ0n) is 12.7. The third-order valence-corrected chi connectivity index (χ3v) is 3.44. The maximum absolute atomic E-state index is 12.0. The van der Waals surface area contributed by atoms with Crippen molar-refractivity contribution in [3.8, 4) is 11.3 Å². The molecular weight excluding hydrogens is 264 g/mol. The van der Waals surface area contributed by atoms with Crippen molar-refractivity contribution < 1.29 is 4.79 Å². The van der Waals surface area contributed by atoms with Crippen LogP contribution >= 0.6 is 0 Å². The van der Waals surface area contributed by atoms with Crippen molar-refractivity contribution in [3.63, 3.8) is 0 Å². The molecule has 2 aromatic rings. The molecule has 4 nitrogen and oxygen atoms in total. The fraction of sp³-hybridized carbons (Fsp3) is 0.353. The van der Waals surface area contributed by atoms with Gasteiger partial charge in [-0.3, -0.25) is 9.59 Å². The van der Waals surface area contributed by atoms with E-state index in [1.54, 1.807) is 6.07 Å². The molecule has 1 heterocycles. The Morgan fingerprint density at radius 2 is 1.90 bits per heavy atom. The third-order valence-electron chi connectivity index (χ3n) is 3.44. The number of hydrogen-bond donors (Lipinski definition) is 0. The first-order valence-electron chi connectivity index (χ1n) is 7.24. The average molecular weight is 284 g/mol. The third kappa shape index (κ3) is 3.27. The van der Waals surface area contributed by atoms with Crippen LogP contribution in [0, 0.1) is 0 Å². The van der Waals surface area contributed by atoms with Gasteiger partial charge in [0.1, 0.15) is 0 Å². The minimum Gasteiger partial charge on any atom is -0.298 e. The number of rotatable bonds is 5. The zero-order valence-corrected chi connectivity index (χ0v) is 12.7. The van der Waals surface area contributed by atoms with Crippen LogP contribution in [-0.2, 0) is 6.54 Å². The highest BCUT2D eigenvalue weighted by atomic mass is 16.1. The fourth-order valence-corrected chi connectivity index (χ4v) is 2.19. The summed E-state index contributed by atoms with van der Waals surface area (Å²) < 4.78 is 1.37. The van der Waals surface area contributed by atoms with Crippen LogP contribution in [0.25, 0.3) is 11.3 Å². The first-order chi connectivity index (χ1) is 10.1. The zero-order chi connectivity index (χ0) is 15.4. The summed E-state index contributed by atoms with van der Waals surface area (Å²) in [4.78, 5) is 23.1. The Bertz CT molecular complexity index is 685. The number of carbonyl (C=O) groups is 1. The maximum Gasteiger partial charge on any atom is 0.277 e. The van der Waals surface area contributed by atoms with E-state index in [0.29, 0.717) is 24.4 Å². The maximum atomic E-state index is 12.0. The van der Waals surface area contributed by atoms with E-state index in [0.717, 1.165) is 12.0 Å². The Hall–Kier alpha value is -2.23. The minimum absolute atomic E-state index is 0.154. The molecule has 0 saturated heterocycles. The Balaban J connectivity index is 2.50. The summed E-state index contributed by atoms with van der Waals surface area (Å²) in [5.41, 5.74) is 2.64. The van der Waals surface area contributed by atoms with Crippen molar-refractivity contribution in [3.05, 3.63) is 51.8 Å². The van der Waals surface area contributed by atoms with E-state index in [9.17, 15) is 9.59 Å². The topological polar surface area (TPSA) is 52.0 Å². The molecule has 0 aliphatic heterocycles. The number of hydrogen-bond acceptors (Lipinski definition) is 3. The van der Waals surface area contributed by atoms with Crippen LogP contribution in [0.2, 0.25) is 0 Å². The highest BCUT2D eigenvalue weighted by Crippen LogP contribution is 2.21. The van der Waals surface area contributed by atoms with Crippen molar-refractivity contribution in [1.82, 2.24) is 9.78 Å². The van der Waals surface area contributed by atoms with Crippen molar-refractivity contribution in [2.75, 3.05) is 0 Å². The molecule has 21 heavy (non-hydrogen) atoms. The number of nitrogens with zero attached hydrogens (tertiary/aromatic N) is 2.